The van der Waals surface area contributed by atoms with Crippen molar-refractivity contribution in [2.45, 2.75) is 38.5 Å². The van der Waals surface area contributed by atoms with Gasteiger partial charge in [0.2, 0.25) is 0 Å². The Bertz CT molecular complexity index is 82.6. The quantitative estimate of drug-likeness (QED) is 0.532. The van der Waals surface area contributed by atoms with Gasteiger partial charge in [-0.2, -0.15) is 0 Å². The lowest BCUT2D eigenvalue weighted by Gasteiger charge is -2.00. The summed E-state index contributed by atoms with van der Waals surface area (Å²) in [4.78, 5) is 0. The zero-order chi connectivity index (χ0) is 6.15. The SMILES string of the molecule is CCC(N)C1OC1C. The number of hydrogen-bond acceptors (Lipinski definition) is 2. The van der Waals surface area contributed by atoms with Gasteiger partial charge in [0, 0.05) is 6.04 Å². The monoisotopic (exact) mass is 115 g/mol. The minimum Gasteiger partial charge on any atom is -0.368 e. The minimum atomic E-state index is 0.269. The zero-order valence-corrected chi connectivity index (χ0v) is 5.42. The van der Waals surface area contributed by atoms with E-state index >= 15 is 0 Å². The predicted octanol–water partition coefficient (Wildman–Crippen LogP) is 0.511. The number of rotatable bonds is 2. The highest BCUT2D eigenvalue weighted by Gasteiger charge is 2.38. The van der Waals surface area contributed by atoms with Crippen LogP contribution in [0.15, 0.2) is 0 Å². The predicted molar refractivity (Wildman–Crippen MR) is 32.6 cm³/mol. The average molecular weight is 115 g/mol. The topological polar surface area (TPSA) is 38.5 Å². The highest BCUT2D eigenvalue weighted by atomic mass is 16.6. The molecule has 0 amide bonds. The summed E-state index contributed by atoms with van der Waals surface area (Å²) < 4.78 is 5.14. The molecule has 8 heavy (non-hydrogen) atoms. The van der Waals surface area contributed by atoms with Crippen LogP contribution in [0.2, 0.25) is 0 Å². The fourth-order valence-electron chi connectivity index (χ4n) is 0.884. The van der Waals surface area contributed by atoms with E-state index in [4.69, 9.17) is 10.5 Å². The molecular weight excluding hydrogens is 102 g/mol. The van der Waals surface area contributed by atoms with E-state index in [1.54, 1.807) is 0 Å². The zero-order valence-electron chi connectivity index (χ0n) is 5.42. The number of epoxide rings is 1. The molecule has 1 heterocycles. The molecule has 2 N–H and O–H groups in total. The molecule has 0 saturated carbocycles. The Hall–Kier alpha value is -0.0800. The Morgan fingerprint density at radius 2 is 2.25 bits per heavy atom. The van der Waals surface area contributed by atoms with Crippen LogP contribution in [-0.2, 0) is 4.74 Å². The van der Waals surface area contributed by atoms with Crippen LogP contribution in [-0.4, -0.2) is 18.2 Å². The lowest BCUT2D eigenvalue weighted by molar-refractivity contribution is 0.350. The molecule has 0 aliphatic carbocycles. The Kier molecular flexibility index (Phi) is 1.54. The molecular formula is C6H13NO. The Labute approximate surface area is 50.0 Å². The van der Waals surface area contributed by atoms with Crippen molar-refractivity contribution in [3.63, 3.8) is 0 Å². The van der Waals surface area contributed by atoms with Crippen molar-refractivity contribution in [3.05, 3.63) is 0 Å². The van der Waals surface area contributed by atoms with Crippen LogP contribution in [0.5, 0.6) is 0 Å². The molecule has 1 fully saturated rings. The third-order valence-corrected chi connectivity index (χ3v) is 1.65. The fourth-order valence-corrected chi connectivity index (χ4v) is 0.884. The largest absolute Gasteiger partial charge is 0.368 e. The molecule has 1 rings (SSSR count). The van der Waals surface area contributed by atoms with E-state index in [1.807, 2.05) is 0 Å². The molecule has 3 unspecified atom stereocenters. The molecule has 0 aromatic heterocycles. The third kappa shape index (κ3) is 1.01. The van der Waals surface area contributed by atoms with Crippen LogP contribution in [0.1, 0.15) is 20.3 Å². The Morgan fingerprint density at radius 3 is 2.38 bits per heavy atom. The van der Waals surface area contributed by atoms with Gasteiger partial charge in [-0.3, -0.25) is 0 Å². The van der Waals surface area contributed by atoms with Gasteiger partial charge in [-0.25, -0.2) is 0 Å². The van der Waals surface area contributed by atoms with Gasteiger partial charge >= 0.3 is 0 Å². The lowest BCUT2D eigenvalue weighted by Crippen LogP contribution is -2.26. The maximum Gasteiger partial charge on any atom is 0.0989 e. The molecule has 0 radical (unpaired) electrons. The maximum absolute atomic E-state index is 5.64. The van der Waals surface area contributed by atoms with Crippen molar-refractivity contribution in [1.82, 2.24) is 0 Å². The summed E-state index contributed by atoms with van der Waals surface area (Å²) in [5.41, 5.74) is 5.64. The first-order valence-electron chi connectivity index (χ1n) is 3.16. The summed E-state index contributed by atoms with van der Waals surface area (Å²) >= 11 is 0. The van der Waals surface area contributed by atoms with E-state index in [1.165, 1.54) is 0 Å². The minimum absolute atomic E-state index is 0.269. The van der Waals surface area contributed by atoms with Crippen molar-refractivity contribution in [1.29, 1.82) is 0 Å². The molecule has 0 aromatic rings. The van der Waals surface area contributed by atoms with Crippen LogP contribution < -0.4 is 5.73 Å². The molecule has 0 spiro atoms. The van der Waals surface area contributed by atoms with Gasteiger partial charge in [0.15, 0.2) is 0 Å². The molecule has 2 heteroatoms. The van der Waals surface area contributed by atoms with Crippen LogP contribution in [0.4, 0.5) is 0 Å². The molecule has 1 aliphatic heterocycles. The summed E-state index contributed by atoms with van der Waals surface area (Å²) in [6, 6.07) is 0.269. The molecule has 48 valence electrons. The summed E-state index contributed by atoms with van der Waals surface area (Å²) in [5, 5.41) is 0. The van der Waals surface area contributed by atoms with E-state index in [2.05, 4.69) is 13.8 Å². The molecule has 1 saturated heterocycles. The second-order valence-corrected chi connectivity index (χ2v) is 2.38. The van der Waals surface area contributed by atoms with Gasteiger partial charge in [0.05, 0.1) is 12.2 Å². The first-order chi connectivity index (χ1) is 3.75. The van der Waals surface area contributed by atoms with Crippen LogP contribution in [0, 0.1) is 0 Å². The van der Waals surface area contributed by atoms with Crippen molar-refractivity contribution in [2.24, 2.45) is 5.73 Å². The smallest absolute Gasteiger partial charge is 0.0989 e. The van der Waals surface area contributed by atoms with Crippen molar-refractivity contribution in [2.75, 3.05) is 0 Å². The van der Waals surface area contributed by atoms with E-state index in [0.717, 1.165) is 6.42 Å². The van der Waals surface area contributed by atoms with Gasteiger partial charge in [0.1, 0.15) is 0 Å². The van der Waals surface area contributed by atoms with Crippen molar-refractivity contribution in [3.8, 4) is 0 Å². The fraction of sp³-hybridized carbons (Fsp3) is 1.00. The molecule has 0 aromatic carbocycles. The second-order valence-electron chi connectivity index (χ2n) is 2.38. The third-order valence-electron chi connectivity index (χ3n) is 1.65. The van der Waals surface area contributed by atoms with Crippen LogP contribution in [0.25, 0.3) is 0 Å². The lowest BCUT2D eigenvalue weighted by atomic mass is 10.1. The van der Waals surface area contributed by atoms with Crippen molar-refractivity contribution >= 4 is 0 Å². The van der Waals surface area contributed by atoms with Crippen LogP contribution >= 0.6 is 0 Å². The average Bonchev–Trinajstić information content (AvgIpc) is 2.45. The summed E-state index contributed by atoms with van der Waals surface area (Å²) in [7, 11) is 0. The summed E-state index contributed by atoms with van der Waals surface area (Å²) in [5.74, 6) is 0. The summed E-state index contributed by atoms with van der Waals surface area (Å²) in [6.45, 7) is 4.14. The van der Waals surface area contributed by atoms with E-state index < -0.39 is 0 Å². The normalized spacial score (nSPS) is 39.4. The first kappa shape index (κ1) is 6.05. The number of ether oxygens (including phenoxy) is 1. The van der Waals surface area contributed by atoms with Crippen LogP contribution in [0.3, 0.4) is 0 Å². The highest BCUT2D eigenvalue weighted by molar-refractivity contribution is 4.88. The van der Waals surface area contributed by atoms with Gasteiger partial charge in [-0.1, -0.05) is 6.92 Å². The Balaban J connectivity index is 2.18. The Morgan fingerprint density at radius 1 is 1.75 bits per heavy atom. The standard InChI is InChI=1S/C6H13NO/c1-3-5(7)6-4(2)8-6/h4-6H,3,7H2,1-2H3. The van der Waals surface area contributed by atoms with Gasteiger partial charge in [0.25, 0.3) is 0 Å². The molecule has 2 nitrogen and oxygen atoms in total. The van der Waals surface area contributed by atoms with E-state index in [9.17, 15) is 0 Å². The van der Waals surface area contributed by atoms with E-state index in [-0.39, 0.29) is 6.04 Å². The molecule has 1 aliphatic rings. The summed E-state index contributed by atoms with van der Waals surface area (Å²) in [6.07, 6.45) is 1.81. The van der Waals surface area contributed by atoms with Gasteiger partial charge < -0.3 is 10.5 Å². The molecule has 0 bridgehead atoms. The van der Waals surface area contributed by atoms with Gasteiger partial charge in [-0.05, 0) is 13.3 Å². The van der Waals surface area contributed by atoms with E-state index in [0.29, 0.717) is 12.2 Å². The number of hydrogen-bond donors (Lipinski definition) is 1. The second kappa shape index (κ2) is 2.03. The highest BCUT2D eigenvalue weighted by Crippen LogP contribution is 2.24. The van der Waals surface area contributed by atoms with Gasteiger partial charge in [-0.15, -0.1) is 0 Å². The molecule has 3 atom stereocenters. The maximum atomic E-state index is 5.64. The number of nitrogens with two attached hydrogens (primary N) is 1. The first-order valence-corrected chi connectivity index (χ1v) is 3.16. The van der Waals surface area contributed by atoms with Crippen molar-refractivity contribution < 1.29 is 4.74 Å².